The number of aliphatic carboxylic acids is 1. The van der Waals surface area contributed by atoms with E-state index in [0.717, 1.165) is 23.4 Å². The largest absolute Gasteiger partial charge is 0.481 e. The van der Waals surface area contributed by atoms with Crippen molar-refractivity contribution in [3.8, 4) is 0 Å². The van der Waals surface area contributed by atoms with Crippen molar-refractivity contribution in [1.29, 1.82) is 0 Å². The number of aromatic nitrogens is 1. The van der Waals surface area contributed by atoms with Gasteiger partial charge < -0.3 is 10.0 Å². The Kier molecular flexibility index (Phi) is 5.32. The maximum absolute atomic E-state index is 10.7. The van der Waals surface area contributed by atoms with Gasteiger partial charge in [0, 0.05) is 37.6 Å². The third kappa shape index (κ3) is 4.91. The Bertz CT molecular complexity index is 584. The highest BCUT2D eigenvalue weighted by atomic mass is 16.4. The summed E-state index contributed by atoms with van der Waals surface area (Å²) in [6.07, 6.45) is 4.51. The Labute approximate surface area is 125 Å². The lowest BCUT2D eigenvalue weighted by Crippen LogP contribution is -2.24. The lowest BCUT2D eigenvalue weighted by atomic mass is 10.2. The molecule has 0 aliphatic heterocycles. The van der Waals surface area contributed by atoms with Gasteiger partial charge in [-0.3, -0.25) is 9.78 Å². The quantitative estimate of drug-likeness (QED) is 0.848. The molecular weight excluding hydrogens is 264 g/mol. The molecule has 2 rings (SSSR count). The Morgan fingerprint density at radius 2 is 2.00 bits per heavy atom. The second kappa shape index (κ2) is 7.43. The number of nitrogens with zero attached hydrogens (tertiary/aromatic N) is 2. The van der Waals surface area contributed by atoms with Crippen molar-refractivity contribution in [2.75, 3.05) is 11.4 Å². The zero-order chi connectivity index (χ0) is 15.1. The fraction of sp³-hybridized carbons (Fsp3) is 0.294. The van der Waals surface area contributed by atoms with E-state index < -0.39 is 5.97 Å². The van der Waals surface area contributed by atoms with E-state index in [2.05, 4.69) is 16.0 Å². The Morgan fingerprint density at radius 3 is 2.67 bits per heavy atom. The summed E-state index contributed by atoms with van der Waals surface area (Å²) in [5.41, 5.74) is 3.37. The Morgan fingerprint density at radius 1 is 1.24 bits per heavy atom. The molecule has 0 radical (unpaired) electrons. The molecule has 0 atom stereocenters. The van der Waals surface area contributed by atoms with Gasteiger partial charge in [-0.1, -0.05) is 24.3 Å². The summed E-state index contributed by atoms with van der Waals surface area (Å²) in [5.74, 6) is -0.750. The van der Waals surface area contributed by atoms with Crippen molar-refractivity contribution in [2.45, 2.75) is 26.3 Å². The number of hydrogen-bond donors (Lipinski definition) is 1. The number of anilines is 1. The van der Waals surface area contributed by atoms with E-state index >= 15 is 0 Å². The van der Waals surface area contributed by atoms with Crippen molar-refractivity contribution in [3.05, 3.63) is 59.9 Å². The summed E-state index contributed by atoms with van der Waals surface area (Å²) >= 11 is 0. The van der Waals surface area contributed by atoms with Gasteiger partial charge in [-0.15, -0.1) is 0 Å². The van der Waals surface area contributed by atoms with Crippen LogP contribution in [0.15, 0.2) is 48.8 Å². The number of benzene rings is 1. The first-order valence-corrected chi connectivity index (χ1v) is 7.07. The molecule has 0 saturated carbocycles. The van der Waals surface area contributed by atoms with Crippen LogP contribution in [0.5, 0.6) is 0 Å². The van der Waals surface area contributed by atoms with Crippen LogP contribution in [-0.4, -0.2) is 22.6 Å². The highest BCUT2D eigenvalue weighted by Crippen LogP contribution is 2.17. The van der Waals surface area contributed by atoms with Crippen molar-refractivity contribution in [3.63, 3.8) is 0 Å². The minimum Gasteiger partial charge on any atom is -0.481 e. The maximum atomic E-state index is 10.7. The van der Waals surface area contributed by atoms with Gasteiger partial charge in [-0.25, -0.2) is 0 Å². The van der Waals surface area contributed by atoms with E-state index in [-0.39, 0.29) is 6.42 Å². The van der Waals surface area contributed by atoms with E-state index in [1.165, 1.54) is 0 Å². The molecule has 0 spiro atoms. The molecule has 1 aromatic heterocycles. The summed E-state index contributed by atoms with van der Waals surface area (Å²) < 4.78 is 0. The van der Waals surface area contributed by atoms with Crippen molar-refractivity contribution in [2.24, 2.45) is 0 Å². The fourth-order valence-corrected chi connectivity index (χ4v) is 2.28. The molecule has 0 fully saturated rings. The highest BCUT2D eigenvalue weighted by Gasteiger charge is 2.08. The Balaban J connectivity index is 2.10. The lowest BCUT2D eigenvalue weighted by Gasteiger charge is -2.24. The molecule has 4 heteroatoms. The number of carboxylic acids is 1. The number of rotatable bonds is 7. The molecule has 21 heavy (non-hydrogen) atoms. The van der Waals surface area contributed by atoms with Gasteiger partial charge in [0.25, 0.3) is 0 Å². The molecule has 0 aliphatic rings. The number of pyridine rings is 1. The van der Waals surface area contributed by atoms with E-state index in [1.54, 1.807) is 0 Å². The van der Waals surface area contributed by atoms with Crippen molar-refractivity contribution in [1.82, 2.24) is 4.98 Å². The third-order valence-corrected chi connectivity index (χ3v) is 3.25. The van der Waals surface area contributed by atoms with Gasteiger partial charge in [0.2, 0.25) is 0 Å². The maximum Gasteiger partial charge on any atom is 0.303 e. The molecule has 4 nitrogen and oxygen atoms in total. The minimum absolute atomic E-state index is 0.190. The molecule has 1 heterocycles. The summed E-state index contributed by atoms with van der Waals surface area (Å²) in [7, 11) is 0. The molecule has 0 aliphatic carbocycles. The molecule has 0 unspecified atom stereocenters. The molecule has 0 saturated heterocycles. The monoisotopic (exact) mass is 284 g/mol. The molecular formula is C17H20N2O2. The molecule has 0 amide bonds. The van der Waals surface area contributed by atoms with Gasteiger partial charge in [0.05, 0.1) is 0 Å². The average Bonchev–Trinajstić information content (AvgIpc) is 2.47. The average molecular weight is 284 g/mol. The van der Waals surface area contributed by atoms with Gasteiger partial charge in [0.15, 0.2) is 0 Å². The van der Waals surface area contributed by atoms with Gasteiger partial charge in [-0.2, -0.15) is 0 Å². The third-order valence-electron chi connectivity index (χ3n) is 3.25. The number of carboxylic acid groups (broad SMARTS) is 1. The second-order valence-corrected chi connectivity index (χ2v) is 5.12. The van der Waals surface area contributed by atoms with Gasteiger partial charge in [0.1, 0.15) is 0 Å². The summed E-state index contributed by atoms with van der Waals surface area (Å²) in [4.78, 5) is 17.1. The predicted molar refractivity (Wildman–Crippen MR) is 83.3 cm³/mol. The number of para-hydroxylation sites is 1. The molecule has 1 N–H and O–H groups in total. The number of carbonyl (C=O) groups is 1. The van der Waals surface area contributed by atoms with Crippen LogP contribution in [0.3, 0.4) is 0 Å². The van der Waals surface area contributed by atoms with Crippen LogP contribution in [0.4, 0.5) is 5.69 Å². The predicted octanol–water partition coefficient (Wildman–Crippen LogP) is 3.26. The number of aryl methyl sites for hydroxylation is 1. The van der Waals surface area contributed by atoms with Crippen LogP contribution in [0.1, 0.15) is 24.0 Å². The summed E-state index contributed by atoms with van der Waals surface area (Å²) in [5, 5.41) is 8.79. The Hall–Kier alpha value is -2.36. The van der Waals surface area contributed by atoms with E-state index in [0.29, 0.717) is 13.0 Å². The van der Waals surface area contributed by atoms with Gasteiger partial charge >= 0.3 is 5.97 Å². The minimum atomic E-state index is -0.750. The first-order valence-electron chi connectivity index (χ1n) is 7.07. The second-order valence-electron chi connectivity index (χ2n) is 5.12. The highest BCUT2D eigenvalue weighted by molar-refractivity contribution is 5.66. The van der Waals surface area contributed by atoms with Crippen LogP contribution in [0.2, 0.25) is 0 Å². The van der Waals surface area contributed by atoms with Crippen LogP contribution in [0, 0.1) is 6.92 Å². The van der Waals surface area contributed by atoms with E-state index in [9.17, 15) is 4.79 Å². The van der Waals surface area contributed by atoms with Crippen LogP contribution in [0.25, 0.3) is 0 Å². The summed E-state index contributed by atoms with van der Waals surface area (Å²) in [6.45, 7) is 3.47. The van der Waals surface area contributed by atoms with Crippen LogP contribution < -0.4 is 4.90 Å². The molecule has 1 aromatic carbocycles. The summed E-state index contributed by atoms with van der Waals surface area (Å²) in [6, 6.07) is 12.2. The van der Waals surface area contributed by atoms with Gasteiger partial charge in [-0.05, 0) is 36.6 Å². The molecule has 110 valence electrons. The first kappa shape index (κ1) is 15.0. The van der Waals surface area contributed by atoms with E-state index in [1.807, 2.05) is 49.6 Å². The van der Waals surface area contributed by atoms with Crippen LogP contribution in [-0.2, 0) is 11.3 Å². The smallest absolute Gasteiger partial charge is 0.303 e. The standard InChI is InChI=1S/C17H20N2O2/c1-14-10-15(12-18-11-14)13-19(9-5-8-17(20)21)16-6-3-2-4-7-16/h2-4,6-7,10-12H,5,8-9,13H2,1H3,(H,20,21). The fourth-order valence-electron chi connectivity index (χ4n) is 2.28. The van der Waals surface area contributed by atoms with Crippen LogP contribution >= 0.6 is 0 Å². The zero-order valence-electron chi connectivity index (χ0n) is 12.2. The van der Waals surface area contributed by atoms with Crippen molar-refractivity contribution < 1.29 is 9.90 Å². The topological polar surface area (TPSA) is 53.4 Å². The first-order chi connectivity index (χ1) is 10.1. The zero-order valence-corrected chi connectivity index (χ0v) is 12.2. The van der Waals surface area contributed by atoms with E-state index in [4.69, 9.17) is 5.11 Å². The molecule has 2 aromatic rings. The SMILES string of the molecule is Cc1cncc(CN(CCCC(=O)O)c2ccccc2)c1. The molecule has 0 bridgehead atoms. The van der Waals surface area contributed by atoms with Crippen molar-refractivity contribution >= 4 is 11.7 Å². The lowest BCUT2D eigenvalue weighted by molar-refractivity contribution is -0.137. The number of hydrogen-bond acceptors (Lipinski definition) is 3. The normalized spacial score (nSPS) is 10.3.